The molecule has 1 fully saturated rings. The van der Waals surface area contributed by atoms with E-state index in [0.717, 1.165) is 18.9 Å². The zero-order valence-electron chi connectivity index (χ0n) is 16.1. The monoisotopic (exact) mass is 406 g/mol. The maximum Gasteiger partial charge on any atom is 0.182 e. The van der Waals surface area contributed by atoms with Crippen LogP contribution in [-0.4, -0.2) is 51.2 Å². The van der Waals surface area contributed by atoms with E-state index in [1.807, 2.05) is 12.1 Å². The summed E-state index contributed by atoms with van der Waals surface area (Å²) in [6.07, 6.45) is 3.21. The Bertz CT molecular complexity index is 1140. The van der Waals surface area contributed by atoms with Crippen LogP contribution >= 0.6 is 0 Å². The smallest absolute Gasteiger partial charge is 0.182 e. The van der Waals surface area contributed by atoms with E-state index in [9.17, 15) is 4.39 Å². The maximum atomic E-state index is 14.2. The highest BCUT2D eigenvalue weighted by molar-refractivity contribution is 5.63. The van der Waals surface area contributed by atoms with Crippen molar-refractivity contribution in [2.45, 2.75) is 6.54 Å². The van der Waals surface area contributed by atoms with Gasteiger partial charge in [0.15, 0.2) is 5.82 Å². The summed E-state index contributed by atoms with van der Waals surface area (Å²) in [7, 11) is 0. The minimum absolute atomic E-state index is 0.248. The zero-order valence-corrected chi connectivity index (χ0v) is 16.1. The number of rotatable bonds is 5. The Morgan fingerprint density at radius 1 is 1.03 bits per heavy atom. The molecule has 1 aliphatic heterocycles. The molecule has 0 radical (unpaired) electrons. The first-order valence-corrected chi connectivity index (χ1v) is 9.66. The second-order valence-electron chi connectivity index (χ2n) is 6.89. The van der Waals surface area contributed by atoms with Crippen molar-refractivity contribution >= 4 is 5.82 Å². The van der Waals surface area contributed by atoms with Gasteiger partial charge >= 0.3 is 0 Å². The van der Waals surface area contributed by atoms with Crippen LogP contribution in [0.4, 0.5) is 10.2 Å². The number of nitrogens with zero attached hydrogens (tertiary/aromatic N) is 6. The molecule has 0 bridgehead atoms. The average molecular weight is 406 g/mol. The lowest BCUT2D eigenvalue weighted by atomic mass is 10.2. The number of hydrogen-bond donors (Lipinski definition) is 0. The first-order chi connectivity index (χ1) is 14.8. The summed E-state index contributed by atoms with van der Waals surface area (Å²) in [6, 6.07) is 12.1. The number of ether oxygens (including phenoxy) is 1. The highest BCUT2D eigenvalue weighted by atomic mass is 19.1. The largest absolute Gasteiger partial charge is 0.378 e. The van der Waals surface area contributed by atoms with E-state index in [-0.39, 0.29) is 12.4 Å². The van der Waals surface area contributed by atoms with Crippen LogP contribution in [-0.2, 0) is 11.3 Å². The van der Waals surface area contributed by atoms with Crippen molar-refractivity contribution < 1.29 is 13.7 Å². The molecule has 0 N–H and O–H groups in total. The third-order valence-electron chi connectivity index (χ3n) is 4.96. The molecule has 1 aromatic carbocycles. The minimum atomic E-state index is -0.286. The van der Waals surface area contributed by atoms with E-state index in [1.165, 1.54) is 12.3 Å². The predicted octanol–water partition coefficient (Wildman–Crippen LogP) is 3.02. The Hall–Kier alpha value is -3.59. The molecule has 0 unspecified atom stereocenters. The number of benzene rings is 1. The summed E-state index contributed by atoms with van der Waals surface area (Å²) in [5, 5.41) is 8.68. The van der Waals surface area contributed by atoms with E-state index in [2.05, 4.69) is 20.1 Å². The van der Waals surface area contributed by atoms with E-state index < -0.39 is 0 Å². The molecule has 1 aliphatic rings. The van der Waals surface area contributed by atoms with Crippen molar-refractivity contribution in [3.63, 3.8) is 0 Å². The SMILES string of the molecule is Fc1ccccc1Cn1nc(-c2nccc(N3CCOCC3)n2)cc1-c1ccon1. The van der Waals surface area contributed by atoms with Crippen LogP contribution in [0.3, 0.4) is 0 Å². The van der Waals surface area contributed by atoms with Crippen molar-refractivity contribution in [3.8, 4) is 22.9 Å². The quantitative estimate of drug-likeness (QED) is 0.504. The van der Waals surface area contributed by atoms with Crippen molar-refractivity contribution in [3.05, 3.63) is 66.3 Å². The Morgan fingerprint density at radius 2 is 1.90 bits per heavy atom. The van der Waals surface area contributed by atoms with Gasteiger partial charge in [0, 0.05) is 30.9 Å². The van der Waals surface area contributed by atoms with Crippen molar-refractivity contribution in [2.75, 3.05) is 31.2 Å². The summed E-state index contributed by atoms with van der Waals surface area (Å²) in [5.41, 5.74) is 2.41. The second kappa shape index (κ2) is 8.03. The van der Waals surface area contributed by atoms with E-state index in [4.69, 9.17) is 14.2 Å². The molecular formula is C21H19FN6O2. The van der Waals surface area contributed by atoms with Crippen LogP contribution in [0.15, 0.2) is 59.4 Å². The molecule has 9 heteroatoms. The Kier molecular flexibility index (Phi) is 4.94. The molecule has 0 saturated carbocycles. The summed E-state index contributed by atoms with van der Waals surface area (Å²) >= 11 is 0. The van der Waals surface area contributed by atoms with Gasteiger partial charge in [-0.3, -0.25) is 4.68 Å². The van der Waals surface area contributed by atoms with Crippen molar-refractivity contribution in [1.82, 2.24) is 24.9 Å². The third-order valence-corrected chi connectivity index (χ3v) is 4.96. The van der Waals surface area contributed by atoms with Crippen LogP contribution in [0.2, 0.25) is 0 Å². The van der Waals surface area contributed by atoms with E-state index in [1.54, 1.807) is 35.1 Å². The van der Waals surface area contributed by atoms with Gasteiger partial charge in [-0.05, 0) is 18.2 Å². The van der Waals surface area contributed by atoms with Gasteiger partial charge in [0.2, 0.25) is 0 Å². The van der Waals surface area contributed by atoms with Gasteiger partial charge in [0.05, 0.1) is 25.5 Å². The topological polar surface area (TPSA) is 82.1 Å². The van der Waals surface area contributed by atoms with Gasteiger partial charge in [0.25, 0.3) is 0 Å². The number of anilines is 1. The fourth-order valence-electron chi connectivity index (χ4n) is 3.43. The molecule has 8 nitrogen and oxygen atoms in total. The summed E-state index contributed by atoms with van der Waals surface area (Å²) in [6.45, 7) is 3.16. The van der Waals surface area contributed by atoms with Crippen LogP contribution < -0.4 is 4.90 Å². The molecule has 4 heterocycles. The van der Waals surface area contributed by atoms with Crippen LogP contribution in [0.1, 0.15) is 5.56 Å². The first-order valence-electron chi connectivity index (χ1n) is 9.66. The molecule has 5 rings (SSSR count). The summed E-state index contributed by atoms with van der Waals surface area (Å²) in [4.78, 5) is 11.3. The Balaban J connectivity index is 1.52. The number of morpholine rings is 1. The van der Waals surface area contributed by atoms with Gasteiger partial charge in [0.1, 0.15) is 29.3 Å². The fourth-order valence-corrected chi connectivity index (χ4v) is 3.43. The Morgan fingerprint density at radius 3 is 2.70 bits per heavy atom. The molecule has 0 aliphatic carbocycles. The van der Waals surface area contributed by atoms with E-state index >= 15 is 0 Å². The lowest BCUT2D eigenvalue weighted by Gasteiger charge is -2.27. The van der Waals surface area contributed by atoms with Gasteiger partial charge in [-0.2, -0.15) is 5.10 Å². The molecule has 30 heavy (non-hydrogen) atoms. The highest BCUT2D eigenvalue weighted by Crippen LogP contribution is 2.26. The molecule has 3 aromatic heterocycles. The van der Waals surface area contributed by atoms with Crippen LogP contribution in [0, 0.1) is 5.82 Å². The predicted molar refractivity (Wildman–Crippen MR) is 107 cm³/mol. The normalized spacial score (nSPS) is 14.2. The number of hydrogen-bond acceptors (Lipinski definition) is 7. The lowest BCUT2D eigenvalue weighted by molar-refractivity contribution is 0.122. The number of aromatic nitrogens is 5. The molecule has 1 saturated heterocycles. The molecule has 152 valence electrons. The lowest BCUT2D eigenvalue weighted by Crippen LogP contribution is -2.36. The Labute approximate surface area is 171 Å². The van der Waals surface area contributed by atoms with Crippen molar-refractivity contribution in [1.29, 1.82) is 0 Å². The van der Waals surface area contributed by atoms with Crippen LogP contribution in [0.25, 0.3) is 22.9 Å². The van der Waals surface area contributed by atoms with Gasteiger partial charge in [-0.15, -0.1) is 0 Å². The standard InChI is InChI=1S/C21H19FN6O2/c22-16-4-2-1-3-15(16)14-28-19(17-6-10-30-26-17)13-18(25-28)21-23-7-5-20(24-21)27-8-11-29-12-9-27/h1-7,10,13H,8-9,11-12,14H2. The van der Waals surface area contributed by atoms with Gasteiger partial charge in [-0.25, -0.2) is 14.4 Å². The number of halogens is 1. The van der Waals surface area contributed by atoms with Crippen molar-refractivity contribution in [2.24, 2.45) is 0 Å². The van der Waals surface area contributed by atoms with Gasteiger partial charge < -0.3 is 14.2 Å². The summed E-state index contributed by atoms with van der Waals surface area (Å²) in [5.74, 6) is 1.04. The van der Waals surface area contributed by atoms with E-state index in [0.29, 0.717) is 41.7 Å². The molecule has 0 atom stereocenters. The molecule has 4 aromatic rings. The first kappa shape index (κ1) is 18.4. The van der Waals surface area contributed by atoms with Crippen LogP contribution in [0.5, 0.6) is 0 Å². The second-order valence-corrected chi connectivity index (χ2v) is 6.89. The zero-order chi connectivity index (χ0) is 20.3. The maximum absolute atomic E-state index is 14.2. The summed E-state index contributed by atoms with van der Waals surface area (Å²) < 4.78 is 26.3. The third kappa shape index (κ3) is 3.67. The molecule has 0 spiro atoms. The van der Waals surface area contributed by atoms with Gasteiger partial charge in [-0.1, -0.05) is 23.4 Å². The minimum Gasteiger partial charge on any atom is -0.378 e. The fraction of sp³-hybridized carbons (Fsp3) is 0.238. The highest BCUT2D eigenvalue weighted by Gasteiger charge is 2.18. The molecular weight excluding hydrogens is 387 g/mol. The average Bonchev–Trinajstić information content (AvgIpc) is 3.46. The molecule has 0 amide bonds.